The van der Waals surface area contributed by atoms with Gasteiger partial charge in [0, 0.05) is 0 Å². The maximum atomic E-state index is 12.9. The zero-order valence-corrected chi connectivity index (χ0v) is 10.2. The molecule has 0 heterocycles. The van der Waals surface area contributed by atoms with Crippen molar-refractivity contribution in [3.05, 3.63) is 29.6 Å². The second-order valence-electron chi connectivity index (χ2n) is 4.01. The van der Waals surface area contributed by atoms with Gasteiger partial charge in [-0.1, -0.05) is 32.6 Å². The van der Waals surface area contributed by atoms with E-state index in [1.165, 1.54) is 37.5 Å². The lowest BCUT2D eigenvalue weighted by atomic mass is 10.2. The van der Waals surface area contributed by atoms with Crippen molar-refractivity contribution in [3.63, 3.8) is 0 Å². The molecule has 0 radical (unpaired) electrons. The lowest BCUT2D eigenvalue weighted by Crippen LogP contribution is -1.99. The van der Waals surface area contributed by atoms with Crippen LogP contribution >= 0.6 is 0 Å². The van der Waals surface area contributed by atoms with Crippen LogP contribution in [0.4, 0.5) is 4.39 Å². The van der Waals surface area contributed by atoms with Gasteiger partial charge in [-0.25, -0.2) is 4.39 Å². The third-order valence-corrected chi connectivity index (χ3v) is 2.57. The summed E-state index contributed by atoms with van der Waals surface area (Å²) < 4.78 is 18.3. The van der Waals surface area contributed by atoms with E-state index in [4.69, 9.17) is 10.00 Å². The molecule has 0 spiro atoms. The molecule has 0 saturated carbocycles. The van der Waals surface area contributed by atoms with Crippen molar-refractivity contribution in [1.82, 2.24) is 0 Å². The van der Waals surface area contributed by atoms with Gasteiger partial charge in [-0.2, -0.15) is 5.26 Å². The van der Waals surface area contributed by atoms with Crippen molar-refractivity contribution in [2.45, 2.75) is 39.0 Å². The summed E-state index contributed by atoms with van der Waals surface area (Å²) in [6.45, 7) is 2.76. The number of rotatable bonds is 7. The molecule has 0 aromatic heterocycles. The van der Waals surface area contributed by atoms with Gasteiger partial charge in [-0.3, -0.25) is 0 Å². The van der Waals surface area contributed by atoms with Gasteiger partial charge >= 0.3 is 0 Å². The zero-order chi connectivity index (χ0) is 12.5. The maximum absolute atomic E-state index is 12.9. The highest BCUT2D eigenvalue weighted by Gasteiger charge is 2.04. The lowest BCUT2D eigenvalue weighted by molar-refractivity contribution is 0.303. The largest absolute Gasteiger partial charge is 0.492 e. The normalized spacial score (nSPS) is 9.94. The Bertz CT molecular complexity index is 384. The molecule has 2 nitrogen and oxygen atoms in total. The molecule has 0 fully saturated rings. The smallest absolute Gasteiger partial charge is 0.137 e. The second kappa shape index (κ2) is 7.67. The molecule has 0 aliphatic rings. The van der Waals surface area contributed by atoms with E-state index in [9.17, 15) is 4.39 Å². The van der Waals surface area contributed by atoms with Crippen molar-refractivity contribution in [3.8, 4) is 11.8 Å². The van der Waals surface area contributed by atoms with Crippen LogP contribution in [0, 0.1) is 17.1 Å². The minimum atomic E-state index is -0.406. The van der Waals surface area contributed by atoms with Gasteiger partial charge in [0.1, 0.15) is 17.6 Å². The van der Waals surface area contributed by atoms with E-state index in [1.54, 1.807) is 0 Å². The topological polar surface area (TPSA) is 33.0 Å². The highest BCUT2D eigenvalue weighted by molar-refractivity contribution is 5.42. The first-order valence-corrected chi connectivity index (χ1v) is 6.10. The number of hydrogen-bond donors (Lipinski definition) is 0. The van der Waals surface area contributed by atoms with Crippen LogP contribution in [0.1, 0.15) is 44.6 Å². The van der Waals surface area contributed by atoms with Gasteiger partial charge in [0.25, 0.3) is 0 Å². The van der Waals surface area contributed by atoms with Crippen molar-refractivity contribution in [2.75, 3.05) is 6.61 Å². The fourth-order valence-electron chi connectivity index (χ4n) is 1.60. The van der Waals surface area contributed by atoms with Gasteiger partial charge in [0.15, 0.2) is 0 Å². The van der Waals surface area contributed by atoms with Crippen molar-refractivity contribution in [2.24, 2.45) is 0 Å². The molecule has 0 saturated heterocycles. The summed E-state index contributed by atoms with van der Waals surface area (Å²) in [6.07, 6.45) is 5.80. The first kappa shape index (κ1) is 13.5. The third-order valence-electron chi connectivity index (χ3n) is 2.57. The van der Waals surface area contributed by atoms with Gasteiger partial charge in [-0.05, 0) is 24.6 Å². The predicted octanol–water partition coefficient (Wildman–Crippen LogP) is 4.05. The minimum absolute atomic E-state index is 0.263. The molecule has 92 valence electrons. The summed E-state index contributed by atoms with van der Waals surface area (Å²) >= 11 is 0. The SMILES string of the molecule is CCCCCCCOc1ccc(F)cc1C#N. The Balaban J connectivity index is 2.34. The van der Waals surface area contributed by atoms with E-state index in [2.05, 4.69) is 6.92 Å². The number of hydrogen-bond acceptors (Lipinski definition) is 2. The molecule has 1 rings (SSSR count). The van der Waals surface area contributed by atoms with Gasteiger partial charge in [0.2, 0.25) is 0 Å². The molecule has 3 heteroatoms. The molecule has 1 aromatic rings. The predicted molar refractivity (Wildman–Crippen MR) is 65.4 cm³/mol. The Morgan fingerprint density at radius 1 is 1.24 bits per heavy atom. The minimum Gasteiger partial charge on any atom is -0.492 e. The molecule has 1 aromatic carbocycles. The van der Waals surface area contributed by atoms with Crippen molar-refractivity contribution >= 4 is 0 Å². The van der Waals surface area contributed by atoms with Crippen LogP contribution < -0.4 is 4.74 Å². The van der Waals surface area contributed by atoms with Gasteiger partial charge in [-0.15, -0.1) is 0 Å². The van der Waals surface area contributed by atoms with E-state index >= 15 is 0 Å². The van der Waals surface area contributed by atoms with E-state index in [0.29, 0.717) is 12.4 Å². The number of unbranched alkanes of at least 4 members (excludes halogenated alkanes) is 4. The van der Waals surface area contributed by atoms with E-state index < -0.39 is 5.82 Å². The summed E-state index contributed by atoms with van der Waals surface area (Å²) in [5, 5.41) is 8.82. The Kier molecular flexibility index (Phi) is 6.09. The number of ether oxygens (including phenoxy) is 1. The number of halogens is 1. The third kappa shape index (κ3) is 4.86. The molecule has 0 atom stereocenters. The molecule has 0 unspecified atom stereocenters. The van der Waals surface area contributed by atoms with Crippen LogP contribution in [0.15, 0.2) is 18.2 Å². The Morgan fingerprint density at radius 2 is 2.00 bits per heavy atom. The second-order valence-corrected chi connectivity index (χ2v) is 4.01. The Hall–Kier alpha value is -1.56. The van der Waals surface area contributed by atoms with Crippen LogP contribution in [-0.4, -0.2) is 6.61 Å². The molecule has 0 N–H and O–H groups in total. The van der Waals surface area contributed by atoms with Gasteiger partial charge < -0.3 is 4.74 Å². The molecule has 0 aliphatic heterocycles. The highest BCUT2D eigenvalue weighted by atomic mass is 19.1. The van der Waals surface area contributed by atoms with Crippen LogP contribution in [0.25, 0.3) is 0 Å². The van der Waals surface area contributed by atoms with E-state index in [1.807, 2.05) is 6.07 Å². The maximum Gasteiger partial charge on any atom is 0.137 e. The van der Waals surface area contributed by atoms with Crippen molar-refractivity contribution in [1.29, 1.82) is 5.26 Å². The standard InChI is InChI=1S/C14H18FNO/c1-2-3-4-5-6-9-17-14-8-7-13(15)10-12(14)11-16/h7-8,10H,2-6,9H2,1H3. The van der Waals surface area contributed by atoms with Crippen LogP contribution in [0.3, 0.4) is 0 Å². The molecule has 0 aliphatic carbocycles. The molecular weight excluding hydrogens is 217 g/mol. The molecule has 0 bridgehead atoms. The number of benzene rings is 1. The summed E-state index contributed by atoms with van der Waals surface area (Å²) in [5.74, 6) is 0.0706. The average Bonchev–Trinajstić information content (AvgIpc) is 2.35. The van der Waals surface area contributed by atoms with Crippen molar-refractivity contribution < 1.29 is 9.13 Å². The number of nitrogens with zero attached hydrogens (tertiary/aromatic N) is 1. The quantitative estimate of drug-likeness (QED) is 0.668. The highest BCUT2D eigenvalue weighted by Crippen LogP contribution is 2.19. The zero-order valence-electron chi connectivity index (χ0n) is 10.2. The first-order chi connectivity index (χ1) is 8.27. The van der Waals surface area contributed by atoms with Crippen LogP contribution in [0.2, 0.25) is 0 Å². The fraction of sp³-hybridized carbons (Fsp3) is 0.500. The Labute approximate surface area is 102 Å². The summed E-state index contributed by atoms with van der Waals surface area (Å²) in [4.78, 5) is 0. The first-order valence-electron chi connectivity index (χ1n) is 6.10. The molecular formula is C14H18FNO. The fourth-order valence-corrected chi connectivity index (χ4v) is 1.60. The summed E-state index contributed by atoms with van der Waals surface area (Å²) in [5.41, 5.74) is 0.263. The summed E-state index contributed by atoms with van der Waals surface area (Å²) in [6, 6.07) is 5.96. The monoisotopic (exact) mass is 235 g/mol. The average molecular weight is 235 g/mol. The molecule has 0 amide bonds. The number of nitriles is 1. The van der Waals surface area contributed by atoms with Crippen LogP contribution in [0.5, 0.6) is 5.75 Å². The van der Waals surface area contributed by atoms with Gasteiger partial charge in [0.05, 0.1) is 12.2 Å². The summed E-state index contributed by atoms with van der Waals surface area (Å²) in [7, 11) is 0. The lowest BCUT2D eigenvalue weighted by Gasteiger charge is -2.07. The van der Waals surface area contributed by atoms with E-state index in [0.717, 1.165) is 12.8 Å². The molecule has 17 heavy (non-hydrogen) atoms. The van der Waals surface area contributed by atoms with E-state index in [-0.39, 0.29) is 5.56 Å². The van der Waals surface area contributed by atoms with Crippen LogP contribution in [-0.2, 0) is 0 Å². The Morgan fingerprint density at radius 3 is 2.71 bits per heavy atom.